The molecular formula is C16H13F3O. The van der Waals surface area contributed by atoms with E-state index in [4.69, 9.17) is 0 Å². The maximum absolute atomic E-state index is 12.4. The third-order valence-electron chi connectivity index (χ3n) is 2.99. The first-order valence-corrected chi connectivity index (χ1v) is 6.12. The van der Waals surface area contributed by atoms with E-state index in [1.807, 2.05) is 13.0 Å². The predicted octanol–water partition coefficient (Wildman–Crippen LogP) is 4.44. The maximum atomic E-state index is 12.4. The van der Waals surface area contributed by atoms with Crippen molar-refractivity contribution in [3.8, 4) is 0 Å². The van der Waals surface area contributed by atoms with E-state index in [0.29, 0.717) is 11.1 Å². The van der Waals surface area contributed by atoms with E-state index < -0.39 is 11.7 Å². The summed E-state index contributed by atoms with van der Waals surface area (Å²) < 4.78 is 37.3. The van der Waals surface area contributed by atoms with E-state index in [9.17, 15) is 18.0 Å². The molecule has 0 amide bonds. The van der Waals surface area contributed by atoms with Crippen molar-refractivity contribution in [1.29, 1.82) is 0 Å². The van der Waals surface area contributed by atoms with Gasteiger partial charge in [-0.25, -0.2) is 0 Å². The molecule has 0 saturated carbocycles. The number of hydrogen-bond acceptors (Lipinski definition) is 1. The number of carbonyl (C=O) groups is 1. The minimum absolute atomic E-state index is 0.0988. The Balaban J connectivity index is 2.12. The molecule has 20 heavy (non-hydrogen) atoms. The highest BCUT2D eigenvalue weighted by Gasteiger charge is 2.29. The lowest BCUT2D eigenvalue weighted by atomic mass is 10.0. The summed E-state index contributed by atoms with van der Waals surface area (Å²) in [6.07, 6.45) is -4.25. The predicted molar refractivity (Wildman–Crippen MR) is 70.7 cm³/mol. The van der Waals surface area contributed by atoms with Crippen molar-refractivity contribution in [2.24, 2.45) is 0 Å². The minimum atomic E-state index is -4.35. The molecule has 0 atom stereocenters. The van der Waals surface area contributed by atoms with Gasteiger partial charge in [0.2, 0.25) is 0 Å². The van der Waals surface area contributed by atoms with Crippen LogP contribution in [0.3, 0.4) is 0 Å². The molecule has 0 saturated heterocycles. The number of halogens is 3. The Labute approximate surface area is 115 Å². The Morgan fingerprint density at radius 1 is 1.05 bits per heavy atom. The topological polar surface area (TPSA) is 17.1 Å². The van der Waals surface area contributed by atoms with Crippen molar-refractivity contribution in [2.75, 3.05) is 0 Å². The molecule has 0 unspecified atom stereocenters. The Kier molecular flexibility index (Phi) is 3.93. The van der Waals surface area contributed by atoms with Crippen LogP contribution in [0.1, 0.15) is 27.0 Å². The molecule has 2 rings (SSSR count). The quantitative estimate of drug-likeness (QED) is 0.759. The SMILES string of the molecule is Cc1cccc(C(=O)Cc2ccc(C(F)(F)F)cc2)c1. The van der Waals surface area contributed by atoms with Gasteiger partial charge in [0.05, 0.1) is 5.56 Å². The third kappa shape index (κ3) is 3.47. The average molecular weight is 278 g/mol. The van der Waals surface area contributed by atoms with Crippen molar-refractivity contribution in [1.82, 2.24) is 0 Å². The van der Waals surface area contributed by atoms with E-state index in [0.717, 1.165) is 17.7 Å². The van der Waals surface area contributed by atoms with Crippen molar-refractivity contribution in [2.45, 2.75) is 19.5 Å². The summed E-state index contributed by atoms with van der Waals surface area (Å²) in [5.74, 6) is -0.103. The van der Waals surface area contributed by atoms with Crippen LogP contribution in [0.15, 0.2) is 48.5 Å². The van der Waals surface area contributed by atoms with Gasteiger partial charge in [0, 0.05) is 12.0 Å². The molecule has 0 fully saturated rings. The highest BCUT2D eigenvalue weighted by Crippen LogP contribution is 2.29. The highest BCUT2D eigenvalue weighted by atomic mass is 19.4. The van der Waals surface area contributed by atoms with Crippen LogP contribution in [0.25, 0.3) is 0 Å². The summed E-state index contributed by atoms with van der Waals surface area (Å²) in [4.78, 5) is 12.0. The number of ketones is 1. The second-order valence-corrected chi connectivity index (χ2v) is 4.66. The summed E-state index contributed by atoms with van der Waals surface area (Å²) in [6.45, 7) is 1.88. The Hall–Kier alpha value is -2.10. The highest BCUT2D eigenvalue weighted by molar-refractivity contribution is 5.97. The van der Waals surface area contributed by atoms with Gasteiger partial charge in [-0.15, -0.1) is 0 Å². The first-order valence-electron chi connectivity index (χ1n) is 6.12. The number of alkyl halides is 3. The van der Waals surface area contributed by atoms with Crippen LogP contribution in [0.5, 0.6) is 0 Å². The van der Waals surface area contributed by atoms with Crippen LogP contribution in [0.2, 0.25) is 0 Å². The van der Waals surface area contributed by atoms with Gasteiger partial charge in [-0.1, -0.05) is 35.9 Å². The van der Waals surface area contributed by atoms with Crippen molar-refractivity contribution in [3.63, 3.8) is 0 Å². The number of carbonyl (C=O) groups excluding carboxylic acids is 1. The van der Waals surface area contributed by atoms with E-state index >= 15 is 0 Å². The molecule has 0 aliphatic rings. The number of rotatable bonds is 3. The maximum Gasteiger partial charge on any atom is 0.416 e. The average Bonchev–Trinajstić information content (AvgIpc) is 2.38. The number of aryl methyl sites for hydroxylation is 1. The van der Waals surface area contributed by atoms with Gasteiger partial charge >= 0.3 is 6.18 Å². The van der Waals surface area contributed by atoms with Gasteiger partial charge in [0.25, 0.3) is 0 Å². The van der Waals surface area contributed by atoms with Crippen molar-refractivity contribution >= 4 is 5.78 Å². The smallest absolute Gasteiger partial charge is 0.294 e. The van der Waals surface area contributed by atoms with Crippen molar-refractivity contribution in [3.05, 3.63) is 70.8 Å². The summed E-state index contributed by atoms with van der Waals surface area (Å²) in [6, 6.07) is 11.8. The molecule has 2 aromatic rings. The number of Topliss-reactive ketones (excluding diaryl/α,β-unsaturated/α-hetero) is 1. The normalized spacial score (nSPS) is 11.4. The monoisotopic (exact) mass is 278 g/mol. The third-order valence-corrected chi connectivity index (χ3v) is 2.99. The van der Waals surface area contributed by atoms with Crippen molar-refractivity contribution < 1.29 is 18.0 Å². The lowest BCUT2D eigenvalue weighted by Gasteiger charge is -2.07. The van der Waals surface area contributed by atoms with Gasteiger partial charge in [-0.2, -0.15) is 13.2 Å². The summed E-state index contributed by atoms with van der Waals surface area (Å²) >= 11 is 0. The molecule has 0 aliphatic heterocycles. The van der Waals surface area contributed by atoms with Gasteiger partial charge in [-0.3, -0.25) is 4.79 Å². The lowest BCUT2D eigenvalue weighted by Crippen LogP contribution is -2.06. The molecule has 4 heteroatoms. The molecule has 1 nitrogen and oxygen atoms in total. The summed E-state index contributed by atoms with van der Waals surface area (Å²) in [7, 11) is 0. The molecule has 0 radical (unpaired) electrons. The first-order chi connectivity index (χ1) is 9.36. The van der Waals surface area contributed by atoms with Crippen LogP contribution in [0.4, 0.5) is 13.2 Å². The van der Waals surface area contributed by atoms with Gasteiger partial charge in [-0.05, 0) is 30.7 Å². The van der Waals surface area contributed by atoms with Gasteiger partial charge in [0.15, 0.2) is 5.78 Å². The van der Waals surface area contributed by atoms with Crippen LogP contribution in [-0.2, 0) is 12.6 Å². The molecule has 0 spiro atoms. The van der Waals surface area contributed by atoms with Crippen LogP contribution < -0.4 is 0 Å². The second kappa shape index (κ2) is 5.49. The standard InChI is InChI=1S/C16H13F3O/c1-11-3-2-4-13(9-11)15(20)10-12-5-7-14(8-6-12)16(17,18)19/h2-9H,10H2,1H3. The fraction of sp³-hybridized carbons (Fsp3) is 0.188. The van der Waals surface area contributed by atoms with E-state index in [2.05, 4.69) is 0 Å². The second-order valence-electron chi connectivity index (χ2n) is 4.66. The fourth-order valence-corrected chi connectivity index (χ4v) is 1.92. The zero-order chi connectivity index (χ0) is 14.8. The Morgan fingerprint density at radius 3 is 2.25 bits per heavy atom. The van der Waals surface area contributed by atoms with Gasteiger partial charge < -0.3 is 0 Å². The molecule has 104 valence electrons. The number of hydrogen-bond donors (Lipinski definition) is 0. The van der Waals surface area contributed by atoms with Crippen LogP contribution >= 0.6 is 0 Å². The lowest BCUT2D eigenvalue weighted by molar-refractivity contribution is -0.137. The summed E-state index contributed by atoms with van der Waals surface area (Å²) in [5, 5.41) is 0. The fourth-order valence-electron chi connectivity index (χ4n) is 1.92. The van der Waals surface area contributed by atoms with Crippen LogP contribution in [0, 0.1) is 6.92 Å². The molecule has 2 aromatic carbocycles. The Bertz CT molecular complexity index is 612. The zero-order valence-corrected chi connectivity index (χ0v) is 10.9. The zero-order valence-electron chi connectivity index (χ0n) is 10.9. The van der Waals surface area contributed by atoms with E-state index in [-0.39, 0.29) is 12.2 Å². The van der Waals surface area contributed by atoms with Crippen LogP contribution in [-0.4, -0.2) is 5.78 Å². The molecule has 0 aliphatic carbocycles. The largest absolute Gasteiger partial charge is 0.416 e. The molecule has 0 aromatic heterocycles. The first kappa shape index (κ1) is 14.3. The molecule has 0 bridgehead atoms. The molecular weight excluding hydrogens is 265 g/mol. The minimum Gasteiger partial charge on any atom is -0.294 e. The molecule has 0 N–H and O–H groups in total. The Morgan fingerprint density at radius 2 is 1.70 bits per heavy atom. The summed E-state index contributed by atoms with van der Waals surface area (Å²) in [5.41, 5.74) is 1.42. The van der Waals surface area contributed by atoms with E-state index in [1.54, 1.807) is 18.2 Å². The van der Waals surface area contributed by atoms with Gasteiger partial charge in [0.1, 0.15) is 0 Å². The molecule has 0 heterocycles. The number of benzene rings is 2. The van der Waals surface area contributed by atoms with E-state index in [1.165, 1.54) is 12.1 Å².